The molecule has 0 bridgehead atoms. The maximum absolute atomic E-state index is 12.3. The average Bonchev–Trinajstić information content (AvgIpc) is 2.41. The molecule has 0 saturated heterocycles. The number of benzene rings is 1. The SMILES string of the molecule is C#CCNC(=NCc1ccccc1OC(F)(F)F)NCC.I. The van der Waals surface area contributed by atoms with Gasteiger partial charge in [-0.3, -0.25) is 0 Å². The van der Waals surface area contributed by atoms with Crippen molar-refractivity contribution in [3.8, 4) is 18.1 Å². The highest BCUT2D eigenvalue weighted by Gasteiger charge is 2.31. The number of para-hydroxylation sites is 1. The predicted octanol–water partition coefficient (Wildman–Crippen LogP) is 2.89. The number of ether oxygens (including phenoxy) is 1. The van der Waals surface area contributed by atoms with Crippen LogP contribution in [0.1, 0.15) is 12.5 Å². The Hall–Kier alpha value is -1.63. The molecule has 1 aromatic carbocycles. The van der Waals surface area contributed by atoms with E-state index in [1.165, 1.54) is 18.2 Å². The summed E-state index contributed by atoms with van der Waals surface area (Å²) in [4.78, 5) is 4.16. The van der Waals surface area contributed by atoms with E-state index in [1.807, 2.05) is 6.92 Å². The topological polar surface area (TPSA) is 45.7 Å². The van der Waals surface area contributed by atoms with Gasteiger partial charge in [0.05, 0.1) is 13.1 Å². The van der Waals surface area contributed by atoms with Crippen molar-refractivity contribution in [1.29, 1.82) is 0 Å². The first-order valence-corrected chi connectivity index (χ1v) is 6.25. The van der Waals surface area contributed by atoms with Crippen LogP contribution in [0.4, 0.5) is 13.2 Å². The number of terminal acetylenes is 1. The lowest BCUT2D eigenvalue weighted by atomic mass is 10.2. The van der Waals surface area contributed by atoms with Crippen LogP contribution in [0.3, 0.4) is 0 Å². The zero-order valence-electron chi connectivity index (χ0n) is 11.9. The van der Waals surface area contributed by atoms with Crippen molar-refractivity contribution in [2.24, 2.45) is 4.99 Å². The van der Waals surface area contributed by atoms with Crippen LogP contribution in [0.15, 0.2) is 29.3 Å². The number of hydrogen-bond acceptors (Lipinski definition) is 2. The second-order valence-electron chi connectivity index (χ2n) is 3.91. The van der Waals surface area contributed by atoms with E-state index in [0.717, 1.165) is 0 Å². The van der Waals surface area contributed by atoms with Gasteiger partial charge < -0.3 is 15.4 Å². The van der Waals surface area contributed by atoms with Crippen LogP contribution < -0.4 is 15.4 Å². The van der Waals surface area contributed by atoms with Gasteiger partial charge in [-0.25, -0.2) is 4.99 Å². The molecule has 0 atom stereocenters. The second-order valence-corrected chi connectivity index (χ2v) is 3.91. The minimum atomic E-state index is -4.73. The Kier molecular flexibility index (Phi) is 9.40. The summed E-state index contributed by atoms with van der Waals surface area (Å²) in [5.41, 5.74) is 0.327. The van der Waals surface area contributed by atoms with Crippen LogP contribution in [0, 0.1) is 12.3 Å². The van der Waals surface area contributed by atoms with Crippen LogP contribution >= 0.6 is 24.0 Å². The summed E-state index contributed by atoms with van der Waals surface area (Å²) >= 11 is 0. The number of guanidine groups is 1. The minimum absolute atomic E-state index is 0. The Morgan fingerprint density at radius 1 is 1.32 bits per heavy atom. The molecule has 0 saturated carbocycles. The Morgan fingerprint density at radius 2 is 2.00 bits per heavy atom. The lowest BCUT2D eigenvalue weighted by molar-refractivity contribution is -0.274. The van der Waals surface area contributed by atoms with E-state index in [1.54, 1.807) is 6.07 Å². The van der Waals surface area contributed by atoms with Gasteiger partial charge in [0.2, 0.25) is 0 Å². The van der Waals surface area contributed by atoms with Gasteiger partial charge in [-0.2, -0.15) is 0 Å². The first-order chi connectivity index (χ1) is 9.96. The summed E-state index contributed by atoms with van der Waals surface area (Å²) in [5, 5.41) is 5.78. The number of hydrogen-bond donors (Lipinski definition) is 2. The molecule has 0 aliphatic heterocycles. The molecule has 1 aromatic rings. The summed E-state index contributed by atoms with van der Waals surface area (Å²) < 4.78 is 40.9. The Bertz CT molecular complexity index is 527. The van der Waals surface area contributed by atoms with Crippen LogP contribution in [-0.2, 0) is 6.54 Å². The van der Waals surface area contributed by atoms with Crippen molar-refractivity contribution >= 4 is 29.9 Å². The standard InChI is InChI=1S/C14H16F3N3O.HI/c1-3-9-19-13(18-4-2)20-10-11-7-5-6-8-12(11)21-14(15,16)17;/h1,5-8H,4,9-10H2,2H3,(H2,18,19,20);1H. The molecule has 22 heavy (non-hydrogen) atoms. The lowest BCUT2D eigenvalue weighted by Crippen LogP contribution is -2.37. The van der Waals surface area contributed by atoms with Gasteiger partial charge in [0.15, 0.2) is 5.96 Å². The third kappa shape index (κ3) is 7.97. The first-order valence-electron chi connectivity index (χ1n) is 6.25. The van der Waals surface area contributed by atoms with Gasteiger partial charge in [-0.05, 0) is 13.0 Å². The van der Waals surface area contributed by atoms with E-state index >= 15 is 0 Å². The molecule has 0 aromatic heterocycles. The summed E-state index contributed by atoms with van der Waals surface area (Å²) in [7, 11) is 0. The van der Waals surface area contributed by atoms with Crippen molar-refractivity contribution < 1.29 is 17.9 Å². The fourth-order valence-electron chi connectivity index (χ4n) is 1.50. The highest BCUT2D eigenvalue weighted by Crippen LogP contribution is 2.26. The fourth-order valence-corrected chi connectivity index (χ4v) is 1.50. The van der Waals surface area contributed by atoms with Crippen molar-refractivity contribution in [2.45, 2.75) is 19.8 Å². The van der Waals surface area contributed by atoms with Crippen LogP contribution in [0.25, 0.3) is 0 Å². The average molecular weight is 427 g/mol. The van der Waals surface area contributed by atoms with E-state index < -0.39 is 6.36 Å². The Balaban J connectivity index is 0.00000441. The zero-order valence-corrected chi connectivity index (χ0v) is 14.2. The molecule has 122 valence electrons. The monoisotopic (exact) mass is 427 g/mol. The molecule has 0 fully saturated rings. The van der Waals surface area contributed by atoms with E-state index in [0.29, 0.717) is 18.1 Å². The number of alkyl halides is 3. The maximum Gasteiger partial charge on any atom is 0.573 e. The third-order valence-corrected chi connectivity index (χ3v) is 2.31. The van der Waals surface area contributed by atoms with Gasteiger partial charge >= 0.3 is 6.36 Å². The predicted molar refractivity (Wildman–Crippen MR) is 90.2 cm³/mol. The summed E-state index contributed by atoms with van der Waals surface area (Å²) in [6, 6.07) is 5.86. The number of aliphatic imine (C=N–C) groups is 1. The number of nitrogens with one attached hydrogen (secondary N) is 2. The summed E-state index contributed by atoms with van der Waals surface area (Å²) in [5.74, 6) is 2.56. The molecule has 1 rings (SSSR count). The van der Waals surface area contributed by atoms with E-state index in [4.69, 9.17) is 6.42 Å². The van der Waals surface area contributed by atoms with Crippen LogP contribution in [0.5, 0.6) is 5.75 Å². The number of nitrogens with zero attached hydrogens (tertiary/aromatic N) is 1. The molecule has 8 heteroatoms. The molecular weight excluding hydrogens is 410 g/mol. The molecule has 0 spiro atoms. The van der Waals surface area contributed by atoms with E-state index in [2.05, 4.69) is 26.3 Å². The molecule has 0 heterocycles. The summed E-state index contributed by atoms with van der Waals surface area (Å²) in [6.07, 6.45) is 0.403. The van der Waals surface area contributed by atoms with Gasteiger partial charge in [0, 0.05) is 12.1 Å². The van der Waals surface area contributed by atoms with Gasteiger partial charge in [0.1, 0.15) is 5.75 Å². The number of halogens is 4. The molecule has 0 aliphatic carbocycles. The van der Waals surface area contributed by atoms with Gasteiger partial charge in [0.25, 0.3) is 0 Å². The van der Waals surface area contributed by atoms with Crippen LogP contribution in [0.2, 0.25) is 0 Å². The molecule has 0 radical (unpaired) electrons. The van der Waals surface area contributed by atoms with E-state index in [-0.39, 0.29) is 42.8 Å². The zero-order chi connectivity index (χ0) is 15.7. The van der Waals surface area contributed by atoms with Crippen molar-refractivity contribution in [2.75, 3.05) is 13.1 Å². The first kappa shape index (κ1) is 20.4. The minimum Gasteiger partial charge on any atom is -0.405 e. The highest BCUT2D eigenvalue weighted by molar-refractivity contribution is 14.0. The number of rotatable bonds is 5. The van der Waals surface area contributed by atoms with Crippen molar-refractivity contribution in [3.63, 3.8) is 0 Å². The highest BCUT2D eigenvalue weighted by atomic mass is 127. The maximum atomic E-state index is 12.3. The smallest absolute Gasteiger partial charge is 0.405 e. The van der Waals surface area contributed by atoms with Gasteiger partial charge in [-0.15, -0.1) is 43.6 Å². The van der Waals surface area contributed by atoms with Crippen molar-refractivity contribution in [1.82, 2.24) is 10.6 Å². The Morgan fingerprint density at radius 3 is 2.59 bits per heavy atom. The Labute approximate surface area is 144 Å². The second kappa shape index (κ2) is 10.2. The molecule has 0 unspecified atom stereocenters. The quantitative estimate of drug-likeness (QED) is 0.329. The third-order valence-electron chi connectivity index (χ3n) is 2.31. The lowest BCUT2D eigenvalue weighted by Gasteiger charge is -2.13. The molecular formula is C14H17F3IN3O. The van der Waals surface area contributed by atoms with Crippen molar-refractivity contribution in [3.05, 3.63) is 29.8 Å². The van der Waals surface area contributed by atoms with Gasteiger partial charge in [-0.1, -0.05) is 24.1 Å². The molecule has 0 aliphatic rings. The summed E-state index contributed by atoms with van der Waals surface area (Å²) in [6.45, 7) is 2.78. The molecule has 4 nitrogen and oxygen atoms in total. The largest absolute Gasteiger partial charge is 0.573 e. The fraction of sp³-hybridized carbons (Fsp3) is 0.357. The molecule has 0 amide bonds. The molecule has 2 N–H and O–H groups in total. The van der Waals surface area contributed by atoms with E-state index in [9.17, 15) is 13.2 Å². The van der Waals surface area contributed by atoms with Crippen LogP contribution in [-0.4, -0.2) is 25.4 Å². The normalized spacial score (nSPS) is 11.1.